The van der Waals surface area contributed by atoms with Gasteiger partial charge in [0.15, 0.2) is 0 Å². The molecule has 0 aromatic heterocycles. The first-order chi connectivity index (χ1) is 7.47. The average molecular weight is 227 g/mol. The minimum absolute atomic E-state index is 0.000694. The van der Waals surface area contributed by atoms with E-state index in [4.69, 9.17) is 5.11 Å². The molecule has 1 fully saturated rings. The van der Waals surface area contributed by atoms with E-state index in [9.17, 15) is 9.59 Å². The average Bonchev–Trinajstić information content (AvgIpc) is 3.06. The van der Waals surface area contributed by atoms with Crippen molar-refractivity contribution >= 4 is 11.9 Å². The Kier molecular flexibility index (Phi) is 4.33. The molecule has 0 heterocycles. The molecule has 1 saturated carbocycles. The number of carbonyl (C=O) groups is 2. The van der Waals surface area contributed by atoms with Crippen LogP contribution in [-0.2, 0) is 9.59 Å². The maximum Gasteiger partial charge on any atom is 0.323 e. The molecule has 2 unspecified atom stereocenters. The van der Waals surface area contributed by atoms with E-state index >= 15 is 0 Å². The predicted octanol–water partition coefficient (Wildman–Crippen LogP) is 1.74. The van der Waals surface area contributed by atoms with Gasteiger partial charge in [0.25, 0.3) is 0 Å². The summed E-state index contributed by atoms with van der Waals surface area (Å²) in [5, 5.41) is 8.82. The Morgan fingerprint density at radius 1 is 1.38 bits per heavy atom. The van der Waals surface area contributed by atoms with Crippen molar-refractivity contribution in [2.45, 2.75) is 46.1 Å². The SMILES string of the molecule is CCC(C)N(CC(=O)O)C(=O)C(C)C1CC1. The third-order valence-corrected chi connectivity index (χ3v) is 3.43. The van der Waals surface area contributed by atoms with E-state index in [1.54, 1.807) is 0 Å². The van der Waals surface area contributed by atoms with Gasteiger partial charge in [-0.2, -0.15) is 0 Å². The van der Waals surface area contributed by atoms with Gasteiger partial charge in [0.2, 0.25) is 5.91 Å². The summed E-state index contributed by atoms with van der Waals surface area (Å²) in [6.07, 6.45) is 3.00. The van der Waals surface area contributed by atoms with Crippen molar-refractivity contribution in [1.82, 2.24) is 4.90 Å². The number of carboxylic acid groups (broad SMARTS) is 1. The summed E-state index contributed by atoms with van der Waals surface area (Å²) < 4.78 is 0. The number of rotatable bonds is 6. The predicted molar refractivity (Wildman–Crippen MR) is 61.0 cm³/mol. The van der Waals surface area contributed by atoms with Crippen LogP contribution in [0, 0.1) is 11.8 Å². The van der Waals surface area contributed by atoms with E-state index in [0.717, 1.165) is 19.3 Å². The molecule has 0 aliphatic heterocycles. The summed E-state index contributed by atoms with van der Waals surface area (Å²) in [5.74, 6) is -0.475. The smallest absolute Gasteiger partial charge is 0.323 e. The molecule has 0 radical (unpaired) electrons. The summed E-state index contributed by atoms with van der Waals surface area (Å²) in [5.41, 5.74) is 0. The Labute approximate surface area is 96.6 Å². The lowest BCUT2D eigenvalue weighted by Gasteiger charge is -2.29. The molecule has 4 nitrogen and oxygen atoms in total. The van der Waals surface area contributed by atoms with Crippen LogP contribution in [0.4, 0.5) is 0 Å². The van der Waals surface area contributed by atoms with Gasteiger partial charge < -0.3 is 10.0 Å². The number of carboxylic acids is 1. The number of amides is 1. The Morgan fingerprint density at radius 2 is 1.94 bits per heavy atom. The van der Waals surface area contributed by atoms with Crippen LogP contribution in [0.3, 0.4) is 0 Å². The first-order valence-electron chi connectivity index (χ1n) is 5.99. The molecule has 1 aliphatic rings. The van der Waals surface area contributed by atoms with Crippen molar-refractivity contribution in [1.29, 1.82) is 0 Å². The molecule has 1 rings (SSSR count). The van der Waals surface area contributed by atoms with Crippen LogP contribution >= 0.6 is 0 Å². The fraction of sp³-hybridized carbons (Fsp3) is 0.833. The number of aliphatic carboxylic acids is 1. The first-order valence-corrected chi connectivity index (χ1v) is 5.99. The second-order valence-electron chi connectivity index (χ2n) is 4.74. The van der Waals surface area contributed by atoms with Crippen LogP contribution in [0.15, 0.2) is 0 Å². The third-order valence-electron chi connectivity index (χ3n) is 3.43. The zero-order chi connectivity index (χ0) is 12.3. The van der Waals surface area contributed by atoms with E-state index in [1.165, 1.54) is 4.90 Å². The van der Waals surface area contributed by atoms with Gasteiger partial charge in [-0.15, -0.1) is 0 Å². The number of hydrogen-bond acceptors (Lipinski definition) is 2. The molecule has 1 amide bonds. The lowest BCUT2D eigenvalue weighted by atomic mass is 10.0. The molecule has 4 heteroatoms. The van der Waals surface area contributed by atoms with Gasteiger partial charge in [-0.25, -0.2) is 0 Å². The first kappa shape index (κ1) is 13.0. The van der Waals surface area contributed by atoms with E-state index in [2.05, 4.69) is 0 Å². The minimum Gasteiger partial charge on any atom is -0.480 e. The van der Waals surface area contributed by atoms with Crippen molar-refractivity contribution in [2.24, 2.45) is 11.8 Å². The highest BCUT2D eigenvalue weighted by atomic mass is 16.4. The Bertz CT molecular complexity index is 273. The Balaban J connectivity index is 2.65. The zero-order valence-electron chi connectivity index (χ0n) is 10.3. The van der Waals surface area contributed by atoms with Crippen molar-refractivity contribution in [2.75, 3.05) is 6.54 Å². The largest absolute Gasteiger partial charge is 0.480 e. The molecule has 92 valence electrons. The van der Waals surface area contributed by atoms with E-state index < -0.39 is 5.97 Å². The summed E-state index contributed by atoms with van der Waals surface area (Å²) in [7, 11) is 0. The molecule has 0 bridgehead atoms. The number of nitrogens with zero attached hydrogens (tertiary/aromatic N) is 1. The summed E-state index contributed by atoms with van der Waals surface area (Å²) in [6, 6.07) is 0.00444. The second kappa shape index (κ2) is 5.32. The molecule has 0 saturated heterocycles. The standard InChI is InChI=1S/C12H21NO3/c1-4-8(2)13(7-11(14)15)12(16)9(3)10-5-6-10/h8-10H,4-7H2,1-3H3,(H,14,15). The molecule has 1 aliphatic carbocycles. The van der Waals surface area contributed by atoms with Gasteiger partial charge in [0.1, 0.15) is 6.54 Å². The molecular formula is C12H21NO3. The summed E-state index contributed by atoms with van der Waals surface area (Å²) >= 11 is 0. The molecule has 16 heavy (non-hydrogen) atoms. The molecule has 1 N–H and O–H groups in total. The van der Waals surface area contributed by atoms with Crippen molar-refractivity contribution in [3.05, 3.63) is 0 Å². The van der Waals surface area contributed by atoms with Crippen molar-refractivity contribution < 1.29 is 14.7 Å². The van der Waals surface area contributed by atoms with Crippen LogP contribution < -0.4 is 0 Å². The van der Waals surface area contributed by atoms with Crippen LogP contribution in [0.2, 0.25) is 0 Å². The Hall–Kier alpha value is -1.06. The van der Waals surface area contributed by atoms with Crippen molar-refractivity contribution in [3.63, 3.8) is 0 Å². The van der Waals surface area contributed by atoms with Crippen LogP contribution in [0.25, 0.3) is 0 Å². The highest BCUT2D eigenvalue weighted by molar-refractivity contribution is 5.83. The summed E-state index contributed by atoms with van der Waals surface area (Å²) in [4.78, 5) is 24.4. The van der Waals surface area contributed by atoms with Gasteiger partial charge in [-0.1, -0.05) is 13.8 Å². The highest BCUT2D eigenvalue weighted by Gasteiger charge is 2.36. The quantitative estimate of drug-likeness (QED) is 0.752. The van der Waals surface area contributed by atoms with Crippen LogP contribution in [0.5, 0.6) is 0 Å². The van der Waals surface area contributed by atoms with Gasteiger partial charge in [-0.3, -0.25) is 9.59 Å². The fourth-order valence-corrected chi connectivity index (χ4v) is 1.88. The molecule has 0 spiro atoms. The van der Waals surface area contributed by atoms with Crippen molar-refractivity contribution in [3.8, 4) is 0 Å². The van der Waals surface area contributed by atoms with Gasteiger partial charge in [0, 0.05) is 12.0 Å². The molecular weight excluding hydrogens is 206 g/mol. The van der Waals surface area contributed by atoms with E-state index in [0.29, 0.717) is 5.92 Å². The monoisotopic (exact) mass is 227 g/mol. The molecule has 0 aromatic carbocycles. The topological polar surface area (TPSA) is 57.6 Å². The molecule has 0 aromatic rings. The number of carbonyl (C=O) groups excluding carboxylic acids is 1. The maximum absolute atomic E-state index is 12.1. The minimum atomic E-state index is -0.934. The van der Waals surface area contributed by atoms with Gasteiger partial charge in [-0.05, 0) is 32.1 Å². The lowest BCUT2D eigenvalue weighted by molar-refractivity contribution is -0.148. The number of hydrogen-bond donors (Lipinski definition) is 1. The zero-order valence-corrected chi connectivity index (χ0v) is 10.3. The van der Waals surface area contributed by atoms with E-state index in [-0.39, 0.29) is 24.4 Å². The lowest BCUT2D eigenvalue weighted by Crippen LogP contribution is -2.44. The van der Waals surface area contributed by atoms with Crippen LogP contribution in [0.1, 0.15) is 40.0 Å². The van der Waals surface area contributed by atoms with Crippen LogP contribution in [-0.4, -0.2) is 34.5 Å². The van der Waals surface area contributed by atoms with Gasteiger partial charge >= 0.3 is 5.97 Å². The Morgan fingerprint density at radius 3 is 2.31 bits per heavy atom. The summed E-state index contributed by atoms with van der Waals surface area (Å²) in [6.45, 7) is 5.61. The normalized spacial score (nSPS) is 18.9. The van der Waals surface area contributed by atoms with Gasteiger partial charge in [0.05, 0.1) is 0 Å². The fourth-order valence-electron chi connectivity index (χ4n) is 1.88. The van der Waals surface area contributed by atoms with E-state index in [1.807, 2.05) is 20.8 Å². The highest BCUT2D eigenvalue weighted by Crippen LogP contribution is 2.37. The second-order valence-corrected chi connectivity index (χ2v) is 4.74. The maximum atomic E-state index is 12.1. The third kappa shape index (κ3) is 3.22. The molecule has 2 atom stereocenters.